The van der Waals surface area contributed by atoms with Crippen molar-refractivity contribution in [3.05, 3.63) is 23.8 Å². The smallest absolute Gasteiger partial charge is 0.319 e. The van der Waals surface area contributed by atoms with E-state index in [1.165, 1.54) is 0 Å². The van der Waals surface area contributed by atoms with Crippen LogP contribution in [0.1, 0.15) is 58.3 Å². The van der Waals surface area contributed by atoms with E-state index in [0.29, 0.717) is 18.8 Å². The summed E-state index contributed by atoms with van der Waals surface area (Å²) in [6.07, 6.45) is 2.27. The fourth-order valence-corrected chi connectivity index (χ4v) is 6.01. The van der Waals surface area contributed by atoms with Crippen molar-refractivity contribution in [3.63, 3.8) is 0 Å². The SMILES string of the molecule is CC1CCC(C23CCC(COc4ccc(O)c(F)c4F)(CC2)C(F)(F)C3(F)F)CC1. The van der Waals surface area contributed by atoms with Crippen molar-refractivity contribution in [3.8, 4) is 11.5 Å². The molecule has 5 rings (SSSR count). The van der Waals surface area contributed by atoms with Gasteiger partial charge in [0.15, 0.2) is 11.5 Å². The lowest BCUT2D eigenvalue weighted by Crippen LogP contribution is -2.72. The molecule has 4 saturated carbocycles. The van der Waals surface area contributed by atoms with Crippen molar-refractivity contribution in [2.24, 2.45) is 22.7 Å². The van der Waals surface area contributed by atoms with Gasteiger partial charge in [0.1, 0.15) is 0 Å². The highest BCUT2D eigenvalue weighted by Gasteiger charge is 2.82. The Morgan fingerprint density at radius 2 is 1.50 bits per heavy atom. The molecule has 168 valence electrons. The van der Waals surface area contributed by atoms with Crippen LogP contribution >= 0.6 is 0 Å². The molecule has 0 aliphatic heterocycles. The third kappa shape index (κ3) is 2.77. The van der Waals surface area contributed by atoms with E-state index >= 15 is 17.6 Å². The van der Waals surface area contributed by atoms with Crippen LogP contribution in [0, 0.1) is 34.3 Å². The van der Waals surface area contributed by atoms with Crippen molar-refractivity contribution in [1.82, 2.24) is 0 Å². The van der Waals surface area contributed by atoms with Crippen LogP contribution in [0.5, 0.6) is 11.5 Å². The van der Waals surface area contributed by atoms with Crippen LogP contribution in [0.4, 0.5) is 26.3 Å². The number of phenolic OH excluding ortho intramolecular Hbond substituents is 1. The molecule has 0 saturated heterocycles. The number of hydrogen-bond donors (Lipinski definition) is 1. The van der Waals surface area contributed by atoms with Gasteiger partial charge in [0, 0.05) is 5.41 Å². The van der Waals surface area contributed by atoms with Gasteiger partial charge in [-0.15, -0.1) is 0 Å². The monoisotopic (exact) mass is 436 g/mol. The minimum Gasteiger partial charge on any atom is -0.505 e. The molecule has 2 nitrogen and oxygen atoms in total. The first-order valence-electron chi connectivity index (χ1n) is 10.5. The molecule has 0 amide bonds. The zero-order valence-corrected chi connectivity index (χ0v) is 16.8. The van der Waals surface area contributed by atoms with Crippen LogP contribution in [0.15, 0.2) is 12.1 Å². The Bertz CT molecular complexity index is 808. The molecule has 0 spiro atoms. The molecule has 1 N–H and O–H groups in total. The molecule has 0 unspecified atom stereocenters. The Morgan fingerprint density at radius 1 is 0.900 bits per heavy atom. The van der Waals surface area contributed by atoms with E-state index in [1.54, 1.807) is 0 Å². The highest BCUT2D eigenvalue weighted by Crippen LogP contribution is 2.73. The van der Waals surface area contributed by atoms with Gasteiger partial charge in [-0.1, -0.05) is 19.8 Å². The number of fused-ring (bicyclic) bond motifs is 3. The molecule has 0 radical (unpaired) electrons. The van der Waals surface area contributed by atoms with Crippen molar-refractivity contribution < 1.29 is 36.2 Å². The molecule has 0 atom stereocenters. The molecule has 1 aromatic carbocycles. The van der Waals surface area contributed by atoms with Gasteiger partial charge in [0.2, 0.25) is 11.6 Å². The summed E-state index contributed by atoms with van der Waals surface area (Å²) in [5, 5.41) is 9.18. The van der Waals surface area contributed by atoms with Crippen LogP contribution in [0.25, 0.3) is 0 Å². The van der Waals surface area contributed by atoms with E-state index in [9.17, 15) is 13.9 Å². The quantitative estimate of drug-likeness (QED) is 0.532. The van der Waals surface area contributed by atoms with E-state index in [2.05, 4.69) is 6.92 Å². The number of halogens is 6. The predicted molar refractivity (Wildman–Crippen MR) is 97.9 cm³/mol. The summed E-state index contributed by atoms with van der Waals surface area (Å²) in [6, 6.07) is 1.73. The second-order valence-corrected chi connectivity index (χ2v) is 9.54. The first-order valence-corrected chi connectivity index (χ1v) is 10.5. The van der Waals surface area contributed by atoms with Crippen LogP contribution in [0.2, 0.25) is 0 Å². The minimum absolute atomic E-state index is 0.0234. The Labute approximate surface area is 171 Å². The maximum atomic E-state index is 15.4. The fourth-order valence-electron chi connectivity index (χ4n) is 6.01. The van der Waals surface area contributed by atoms with Crippen LogP contribution in [-0.2, 0) is 0 Å². The molecule has 4 fully saturated rings. The van der Waals surface area contributed by atoms with Gasteiger partial charge in [-0.25, -0.2) is 0 Å². The van der Waals surface area contributed by atoms with Crippen molar-refractivity contribution in [2.45, 2.75) is 70.1 Å². The number of benzene rings is 1. The highest BCUT2D eigenvalue weighted by molar-refractivity contribution is 5.34. The molecule has 4 aliphatic rings. The first-order chi connectivity index (χ1) is 14.0. The minimum atomic E-state index is -4.31. The summed E-state index contributed by atoms with van der Waals surface area (Å²) in [6.45, 7) is 1.21. The Kier molecular flexibility index (Phi) is 5.01. The average molecular weight is 436 g/mol. The standard InChI is InChI=1S/C22H26F6O2/c1-13-2-4-14(5-3-13)20-10-8-19(9-11-20,21(25,26)22(20,27)28)12-30-16-7-6-15(29)17(23)18(16)24/h6-7,13-14,29H,2-5,8-12H2,1H3. The fraction of sp³-hybridized carbons (Fsp3) is 0.727. The van der Waals surface area contributed by atoms with Gasteiger partial charge in [-0.3, -0.25) is 0 Å². The van der Waals surface area contributed by atoms with Crippen molar-refractivity contribution in [2.75, 3.05) is 6.61 Å². The molecular formula is C22H26F6O2. The number of alkyl halides is 4. The molecule has 4 aliphatic carbocycles. The molecule has 0 heterocycles. The van der Waals surface area contributed by atoms with Crippen molar-refractivity contribution in [1.29, 1.82) is 0 Å². The van der Waals surface area contributed by atoms with Gasteiger partial charge in [0.25, 0.3) is 0 Å². The second kappa shape index (κ2) is 6.95. The molecule has 1 aromatic rings. The number of aromatic hydroxyl groups is 1. The van der Waals surface area contributed by atoms with E-state index in [1.807, 2.05) is 0 Å². The van der Waals surface area contributed by atoms with Crippen LogP contribution in [-0.4, -0.2) is 23.6 Å². The Hall–Kier alpha value is -1.60. The van der Waals surface area contributed by atoms with Gasteiger partial charge < -0.3 is 9.84 Å². The third-order valence-corrected chi connectivity index (χ3v) is 8.11. The number of hydrogen-bond acceptors (Lipinski definition) is 2. The van der Waals surface area contributed by atoms with Gasteiger partial charge in [0.05, 0.1) is 12.0 Å². The summed E-state index contributed by atoms with van der Waals surface area (Å²) in [4.78, 5) is 0. The predicted octanol–water partition coefficient (Wildman–Crippen LogP) is 6.71. The summed E-state index contributed by atoms with van der Waals surface area (Å²) >= 11 is 0. The van der Waals surface area contributed by atoms with E-state index < -0.39 is 58.3 Å². The number of rotatable bonds is 4. The van der Waals surface area contributed by atoms with Gasteiger partial charge in [-0.2, -0.15) is 26.3 Å². The lowest BCUT2D eigenvalue weighted by molar-refractivity contribution is -0.382. The summed E-state index contributed by atoms with van der Waals surface area (Å²) < 4.78 is 94.0. The molecular weight excluding hydrogens is 410 g/mol. The van der Waals surface area contributed by atoms with E-state index in [0.717, 1.165) is 25.0 Å². The molecule has 8 heteroatoms. The van der Waals surface area contributed by atoms with Crippen molar-refractivity contribution >= 4 is 0 Å². The molecule has 0 aromatic heterocycles. The van der Waals surface area contributed by atoms with Gasteiger partial charge >= 0.3 is 11.8 Å². The number of phenols is 1. The lowest BCUT2D eigenvalue weighted by atomic mass is 9.45. The molecule has 2 bridgehead atoms. The summed E-state index contributed by atoms with van der Waals surface area (Å²) in [5.41, 5.74) is -3.85. The topological polar surface area (TPSA) is 29.5 Å². The summed E-state index contributed by atoms with van der Waals surface area (Å²) in [7, 11) is 0. The zero-order valence-electron chi connectivity index (χ0n) is 16.8. The van der Waals surface area contributed by atoms with E-state index in [4.69, 9.17) is 4.74 Å². The maximum Gasteiger partial charge on any atom is 0.319 e. The van der Waals surface area contributed by atoms with Gasteiger partial charge in [-0.05, 0) is 62.5 Å². The van der Waals surface area contributed by atoms with Crippen LogP contribution < -0.4 is 4.74 Å². The maximum absolute atomic E-state index is 15.4. The Balaban J connectivity index is 1.59. The lowest BCUT2D eigenvalue weighted by Gasteiger charge is -2.63. The van der Waals surface area contributed by atoms with E-state index in [-0.39, 0.29) is 25.7 Å². The highest BCUT2D eigenvalue weighted by atomic mass is 19.3. The third-order valence-electron chi connectivity index (χ3n) is 8.11. The average Bonchev–Trinajstić information content (AvgIpc) is 2.71. The normalized spacial score (nSPS) is 37.2. The zero-order chi connectivity index (χ0) is 21.9. The largest absolute Gasteiger partial charge is 0.505 e. The molecule has 30 heavy (non-hydrogen) atoms. The summed E-state index contributed by atoms with van der Waals surface area (Å²) in [5.74, 6) is -13.2. The first kappa shape index (κ1) is 21.6. The van der Waals surface area contributed by atoms with Crippen LogP contribution in [0.3, 0.4) is 0 Å². The Morgan fingerprint density at radius 3 is 2.10 bits per heavy atom. The second-order valence-electron chi connectivity index (χ2n) is 9.54. The number of ether oxygens (including phenoxy) is 1.